The molecule has 11 heteroatoms. The molecule has 0 bridgehead atoms. The van der Waals surface area contributed by atoms with Crippen molar-refractivity contribution in [1.29, 1.82) is 0 Å². The number of carboxylic acids is 1. The number of ether oxygens (including phenoxy) is 1. The summed E-state index contributed by atoms with van der Waals surface area (Å²) < 4.78 is 38.0. The number of urea groups is 1. The highest BCUT2D eigenvalue weighted by atomic mass is 19.4. The number of likely N-dealkylation sites (N-methyl/N-ethyl adjacent to an activating group) is 1. The lowest BCUT2D eigenvalue weighted by molar-refractivity contribution is -0.192. The van der Waals surface area contributed by atoms with E-state index in [1.165, 1.54) is 0 Å². The first-order chi connectivity index (χ1) is 14.9. The Bertz CT molecular complexity index is 763. The van der Waals surface area contributed by atoms with E-state index in [0.717, 1.165) is 44.7 Å². The van der Waals surface area contributed by atoms with E-state index in [-0.39, 0.29) is 17.7 Å². The van der Waals surface area contributed by atoms with E-state index < -0.39 is 12.1 Å². The number of pyridine rings is 1. The van der Waals surface area contributed by atoms with Crippen molar-refractivity contribution >= 4 is 12.0 Å². The third kappa shape index (κ3) is 7.63. The topological polar surface area (TPSA) is 95.0 Å². The van der Waals surface area contributed by atoms with Crippen LogP contribution in [-0.2, 0) is 16.1 Å². The van der Waals surface area contributed by atoms with E-state index in [9.17, 15) is 18.0 Å². The second-order valence-corrected chi connectivity index (χ2v) is 8.52. The van der Waals surface area contributed by atoms with Gasteiger partial charge in [0.15, 0.2) is 0 Å². The average molecular weight is 460 g/mol. The number of amides is 2. The van der Waals surface area contributed by atoms with Crippen LogP contribution in [0.25, 0.3) is 0 Å². The number of carboxylic acid groups (broad SMARTS) is 1. The molecule has 32 heavy (non-hydrogen) atoms. The van der Waals surface area contributed by atoms with Crippen molar-refractivity contribution in [1.82, 2.24) is 20.1 Å². The van der Waals surface area contributed by atoms with Gasteiger partial charge in [0.25, 0.3) is 0 Å². The highest BCUT2D eigenvalue weighted by Crippen LogP contribution is 2.36. The molecule has 2 amide bonds. The van der Waals surface area contributed by atoms with Crippen LogP contribution in [0, 0.1) is 0 Å². The molecular weight excluding hydrogens is 429 g/mol. The van der Waals surface area contributed by atoms with Crippen LogP contribution in [0.3, 0.4) is 0 Å². The second-order valence-electron chi connectivity index (χ2n) is 8.52. The number of aliphatic carboxylic acids is 1. The van der Waals surface area contributed by atoms with Gasteiger partial charge in [-0.25, -0.2) is 9.59 Å². The lowest BCUT2D eigenvalue weighted by Crippen LogP contribution is -2.54. The largest absolute Gasteiger partial charge is 0.490 e. The molecule has 2 atom stereocenters. The number of nitrogens with one attached hydrogen (secondary N) is 1. The van der Waals surface area contributed by atoms with E-state index in [1.807, 2.05) is 37.1 Å². The first-order valence-corrected chi connectivity index (χ1v) is 10.5. The quantitative estimate of drug-likeness (QED) is 0.718. The first-order valence-electron chi connectivity index (χ1n) is 10.5. The SMILES string of the molecule is CC(C)NC(=O)N1CCCC2(CC(N(C)Cc3ccccn3)CO2)C1.O=C(O)C(F)(F)F. The van der Waals surface area contributed by atoms with Gasteiger partial charge in [0.2, 0.25) is 0 Å². The third-order valence-corrected chi connectivity index (χ3v) is 5.43. The summed E-state index contributed by atoms with van der Waals surface area (Å²) in [7, 11) is 2.13. The number of alkyl halides is 3. The molecule has 2 saturated heterocycles. The smallest absolute Gasteiger partial charge is 0.475 e. The third-order valence-electron chi connectivity index (χ3n) is 5.43. The zero-order chi connectivity index (χ0) is 23.9. The number of likely N-dealkylation sites (tertiary alicyclic amines) is 1. The average Bonchev–Trinajstić information content (AvgIpc) is 3.11. The number of carbonyl (C=O) groups is 2. The lowest BCUT2D eigenvalue weighted by atomic mass is 9.88. The van der Waals surface area contributed by atoms with Crippen LogP contribution in [0.2, 0.25) is 0 Å². The Kier molecular flexibility index (Phi) is 8.85. The van der Waals surface area contributed by atoms with Crippen molar-refractivity contribution in [2.75, 3.05) is 26.7 Å². The van der Waals surface area contributed by atoms with E-state index in [2.05, 4.69) is 28.3 Å². The zero-order valence-corrected chi connectivity index (χ0v) is 18.6. The molecule has 2 aliphatic heterocycles. The summed E-state index contributed by atoms with van der Waals surface area (Å²) in [4.78, 5) is 29.9. The number of hydrogen-bond donors (Lipinski definition) is 2. The highest BCUT2D eigenvalue weighted by molar-refractivity contribution is 5.74. The summed E-state index contributed by atoms with van der Waals surface area (Å²) in [6.45, 7) is 7.04. The molecule has 2 N–H and O–H groups in total. The Labute approximate surface area is 185 Å². The summed E-state index contributed by atoms with van der Waals surface area (Å²) >= 11 is 0. The molecule has 1 aromatic heterocycles. The van der Waals surface area contributed by atoms with Crippen LogP contribution in [0.5, 0.6) is 0 Å². The van der Waals surface area contributed by atoms with E-state index in [1.54, 1.807) is 0 Å². The maximum atomic E-state index is 12.3. The van der Waals surface area contributed by atoms with Crippen molar-refractivity contribution in [3.8, 4) is 0 Å². The van der Waals surface area contributed by atoms with Gasteiger partial charge >= 0.3 is 18.2 Å². The highest BCUT2D eigenvalue weighted by Gasteiger charge is 2.45. The molecule has 0 aromatic carbocycles. The van der Waals surface area contributed by atoms with Gasteiger partial charge < -0.3 is 20.1 Å². The fourth-order valence-corrected chi connectivity index (χ4v) is 3.87. The van der Waals surface area contributed by atoms with E-state index in [4.69, 9.17) is 14.6 Å². The van der Waals surface area contributed by atoms with Gasteiger partial charge in [0.1, 0.15) is 0 Å². The van der Waals surface area contributed by atoms with Gasteiger partial charge in [0.05, 0.1) is 24.4 Å². The van der Waals surface area contributed by atoms with Crippen LogP contribution in [0.1, 0.15) is 38.8 Å². The second kappa shape index (κ2) is 11.0. The molecule has 3 rings (SSSR count). The fraction of sp³-hybridized carbons (Fsp3) is 0.667. The van der Waals surface area contributed by atoms with Crippen LogP contribution in [0.15, 0.2) is 24.4 Å². The molecule has 3 heterocycles. The minimum Gasteiger partial charge on any atom is -0.475 e. The number of piperidine rings is 1. The number of rotatable bonds is 4. The number of halogens is 3. The molecule has 2 fully saturated rings. The molecule has 0 radical (unpaired) electrons. The van der Waals surface area contributed by atoms with Gasteiger partial charge in [0, 0.05) is 31.4 Å². The van der Waals surface area contributed by atoms with Gasteiger partial charge in [-0.15, -0.1) is 0 Å². The molecule has 2 unspecified atom stereocenters. The Hall–Kier alpha value is -2.40. The Morgan fingerprint density at radius 3 is 2.66 bits per heavy atom. The number of hydrogen-bond acceptors (Lipinski definition) is 5. The molecule has 180 valence electrons. The fourth-order valence-electron chi connectivity index (χ4n) is 3.87. The number of carbonyl (C=O) groups excluding carboxylic acids is 1. The van der Waals surface area contributed by atoms with Gasteiger partial charge in [-0.05, 0) is 52.3 Å². The Balaban J connectivity index is 0.000000451. The number of nitrogens with zero attached hydrogens (tertiary/aromatic N) is 3. The van der Waals surface area contributed by atoms with Crippen molar-refractivity contribution < 1.29 is 32.6 Å². The van der Waals surface area contributed by atoms with Gasteiger partial charge in [-0.1, -0.05) is 6.07 Å². The predicted molar refractivity (Wildman–Crippen MR) is 111 cm³/mol. The van der Waals surface area contributed by atoms with Crippen LogP contribution in [-0.4, -0.2) is 82.5 Å². The summed E-state index contributed by atoms with van der Waals surface area (Å²) in [5.41, 5.74) is 0.892. The Morgan fingerprint density at radius 1 is 1.41 bits per heavy atom. The molecule has 1 spiro atoms. The van der Waals surface area contributed by atoms with Crippen molar-refractivity contribution in [3.05, 3.63) is 30.1 Å². The molecule has 2 aliphatic rings. The number of aromatic nitrogens is 1. The Morgan fingerprint density at radius 2 is 2.09 bits per heavy atom. The minimum atomic E-state index is -5.08. The van der Waals surface area contributed by atoms with E-state index >= 15 is 0 Å². The molecule has 0 saturated carbocycles. The van der Waals surface area contributed by atoms with Crippen LogP contribution in [0.4, 0.5) is 18.0 Å². The van der Waals surface area contributed by atoms with Crippen LogP contribution >= 0.6 is 0 Å². The van der Waals surface area contributed by atoms with Crippen LogP contribution < -0.4 is 5.32 Å². The summed E-state index contributed by atoms with van der Waals surface area (Å²) in [6.07, 6.45) is -0.238. The standard InChI is InChI=1S/C19H30N4O2.C2HF3O2/c1-15(2)21-18(24)23-10-6-8-19(14-23)11-17(13-25-19)22(3)12-16-7-4-5-9-20-16;3-2(4,5)1(6)7/h4-5,7,9,15,17H,6,8,10-14H2,1-3H3,(H,21,24);(H,6,7). The van der Waals surface area contributed by atoms with Crippen molar-refractivity contribution in [2.45, 2.75) is 63.5 Å². The maximum Gasteiger partial charge on any atom is 0.490 e. The molecule has 1 aromatic rings. The summed E-state index contributed by atoms with van der Waals surface area (Å²) in [5.74, 6) is -2.76. The monoisotopic (exact) mass is 460 g/mol. The summed E-state index contributed by atoms with van der Waals surface area (Å²) in [6, 6.07) is 6.58. The predicted octanol–water partition coefficient (Wildman–Crippen LogP) is 2.89. The molecular formula is C21H31F3N4O4. The van der Waals surface area contributed by atoms with Crippen molar-refractivity contribution in [2.24, 2.45) is 0 Å². The lowest BCUT2D eigenvalue weighted by Gasteiger charge is -2.40. The van der Waals surface area contributed by atoms with Crippen molar-refractivity contribution in [3.63, 3.8) is 0 Å². The normalized spacial score (nSPS) is 23.2. The zero-order valence-electron chi connectivity index (χ0n) is 18.6. The molecule has 8 nitrogen and oxygen atoms in total. The first kappa shape index (κ1) is 25.9. The van der Waals surface area contributed by atoms with E-state index in [0.29, 0.717) is 12.6 Å². The summed E-state index contributed by atoms with van der Waals surface area (Å²) in [5, 5.41) is 10.1. The van der Waals surface area contributed by atoms with Gasteiger partial charge in [-0.2, -0.15) is 13.2 Å². The van der Waals surface area contributed by atoms with Gasteiger partial charge in [-0.3, -0.25) is 9.88 Å². The molecule has 0 aliphatic carbocycles. The minimum absolute atomic E-state index is 0.0305. The maximum absolute atomic E-state index is 12.3.